The van der Waals surface area contributed by atoms with E-state index in [0.717, 1.165) is 0 Å². The summed E-state index contributed by atoms with van der Waals surface area (Å²) < 4.78 is 53.4. The molecule has 0 bridgehead atoms. The topological polar surface area (TPSA) is 174 Å². The minimum absolute atomic E-state index is 0.0179. The Balaban J connectivity index is 1.39. The van der Waals surface area contributed by atoms with Gasteiger partial charge in [-0.1, -0.05) is 31.6 Å². The lowest BCUT2D eigenvalue weighted by molar-refractivity contribution is -0.159. The van der Waals surface area contributed by atoms with Gasteiger partial charge in [0, 0.05) is 37.3 Å². The van der Waals surface area contributed by atoms with Gasteiger partial charge in [0.25, 0.3) is 0 Å². The van der Waals surface area contributed by atoms with Gasteiger partial charge in [-0.3, -0.25) is 33.6 Å². The van der Waals surface area contributed by atoms with Crippen molar-refractivity contribution in [3.05, 3.63) is 46.8 Å². The van der Waals surface area contributed by atoms with E-state index in [-0.39, 0.29) is 63.4 Å². The third-order valence-corrected chi connectivity index (χ3v) is 12.8. The Bertz CT molecular complexity index is 1830. The number of sulfonamides is 1. The van der Waals surface area contributed by atoms with E-state index in [1.54, 1.807) is 52.8 Å². The van der Waals surface area contributed by atoms with Gasteiger partial charge in [-0.15, -0.1) is 0 Å². The quantitative estimate of drug-likeness (QED) is 0.191. The van der Waals surface area contributed by atoms with E-state index in [0.29, 0.717) is 42.4 Å². The SMILES string of the molecule is C/C=C(\C)C(=O)CC[C@H](CC(=O)OC(C)(C)C)C(=O)N1CC(OC(=O)N2Cc3cccc(F)c3C2)C[C@H]1C(=O)C[C@]1(C(=O)NS(=O)(=O)C2CC2)C[C@H]1CC. The molecule has 5 atom stereocenters. The number of halogens is 1. The molecule has 4 aliphatic rings. The van der Waals surface area contributed by atoms with E-state index in [9.17, 15) is 41.6 Å². The van der Waals surface area contributed by atoms with Gasteiger partial charge in [-0.05, 0) is 83.4 Å². The predicted molar refractivity (Wildman–Crippen MR) is 194 cm³/mol. The zero-order valence-corrected chi connectivity index (χ0v) is 32.8. The molecule has 54 heavy (non-hydrogen) atoms. The molecule has 1 saturated heterocycles. The molecule has 5 rings (SSSR count). The maximum absolute atomic E-state index is 14.5. The third kappa shape index (κ3) is 9.38. The summed E-state index contributed by atoms with van der Waals surface area (Å²) in [6.45, 7) is 10.2. The Kier molecular flexibility index (Phi) is 12.1. The van der Waals surface area contributed by atoms with Gasteiger partial charge in [0.1, 0.15) is 17.5 Å². The number of carbonyl (C=O) groups is 6. The average molecular weight is 774 g/mol. The summed E-state index contributed by atoms with van der Waals surface area (Å²) in [5, 5.41) is -0.642. The first kappa shape index (κ1) is 41.0. The number of ether oxygens (including phenoxy) is 2. The number of hydrogen-bond acceptors (Lipinski definition) is 10. The smallest absolute Gasteiger partial charge is 0.410 e. The molecule has 2 aliphatic carbocycles. The lowest BCUT2D eigenvalue weighted by atomic mass is 9.90. The van der Waals surface area contributed by atoms with Crippen LogP contribution in [-0.2, 0) is 56.6 Å². The largest absolute Gasteiger partial charge is 0.460 e. The number of fused-ring (bicyclic) bond motifs is 1. The minimum Gasteiger partial charge on any atom is -0.460 e. The fourth-order valence-electron chi connectivity index (χ4n) is 7.57. The Morgan fingerprint density at radius 2 is 1.81 bits per heavy atom. The number of ketones is 2. The van der Waals surface area contributed by atoms with Crippen molar-refractivity contribution in [3.63, 3.8) is 0 Å². The number of nitrogens with one attached hydrogen (secondary N) is 1. The molecule has 2 heterocycles. The highest BCUT2D eigenvalue weighted by Gasteiger charge is 2.61. The normalized spacial score (nSPS) is 24.4. The van der Waals surface area contributed by atoms with Crippen LogP contribution in [0.4, 0.5) is 9.18 Å². The van der Waals surface area contributed by atoms with Gasteiger partial charge < -0.3 is 14.4 Å². The molecule has 13 nitrogen and oxygen atoms in total. The van der Waals surface area contributed by atoms with E-state index in [2.05, 4.69) is 4.72 Å². The highest BCUT2D eigenvalue weighted by atomic mass is 32.2. The third-order valence-electron chi connectivity index (χ3n) is 11.0. The van der Waals surface area contributed by atoms with Gasteiger partial charge in [0.15, 0.2) is 11.6 Å². The van der Waals surface area contributed by atoms with Crippen molar-refractivity contribution in [1.82, 2.24) is 14.5 Å². The fourth-order valence-corrected chi connectivity index (χ4v) is 8.95. The number of likely N-dealkylation sites (tertiary alicyclic amines) is 1. The summed E-state index contributed by atoms with van der Waals surface area (Å²) in [7, 11) is -3.89. The van der Waals surface area contributed by atoms with Crippen molar-refractivity contribution in [3.8, 4) is 0 Å². The number of nitrogens with zero attached hydrogens (tertiary/aromatic N) is 2. The van der Waals surface area contributed by atoms with E-state index < -0.39 is 79.8 Å². The molecular weight excluding hydrogens is 722 g/mol. The van der Waals surface area contributed by atoms with Crippen molar-refractivity contribution in [2.45, 2.75) is 135 Å². The summed E-state index contributed by atoms with van der Waals surface area (Å²) >= 11 is 0. The molecule has 2 aliphatic heterocycles. The molecule has 0 radical (unpaired) electrons. The summed E-state index contributed by atoms with van der Waals surface area (Å²) in [5.74, 6) is -4.52. The number of benzene rings is 1. The molecule has 0 aromatic heterocycles. The molecule has 1 aromatic carbocycles. The lowest BCUT2D eigenvalue weighted by Crippen LogP contribution is -2.46. The number of rotatable bonds is 15. The van der Waals surface area contributed by atoms with E-state index in [1.165, 1.54) is 15.9 Å². The summed E-state index contributed by atoms with van der Waals surface area (Å²) in [6.07, 6.45) is 0.726. The lowest BCUT2D eigenvalue weighted by Gasteiger charge is -2.29. The molecule has 3 amide bonds. The van der Waals surface area contributed by atoms with Crippen LogP contribution in [-0.4, -0.2) is 83.2 Å². The number of esters is 1. The maximum atomic E-state index is 14.5. The molecule has 15 heteroatoms. The second kappa shape index (κ2) is 15.9. The Hall–Kier alpha value is -4.14. The zero-order valence-electron chi connectivity index (χ0n) is 31.9. The van der Waals surface area contributed by atoms with Crippen molar-refractivity contribution < 1.29 is 51.0 Å². The van der Waals surface area contributed by atoms with Crippen LogP contribution >= 0.6 is 0 Å². The second-order valence-corrected chi connectivity index (χ2v) is 18.1. The van der Waals surface area contributed by atoms with Crippen LogP contribution in [0.25, 0.3) is 0 Å². The molecule has 3 fully saturated rings. The first-order chi connectivity index (χ1) is 25.3. The highest BCUT2D eigenvalue weighted by Crippen LogP contribution is 2.58. The summed E-state index contributed by atoms with van der Waals surface area (Å²) in [6, 6.07) is 3.40. The van der Waals surface area contributed by atoms with Crippen molar-refractivity contribution in [2.24, 2.45) is 17.3 Å². The Morgan fingerprint density at radius 1 is 1.11 bits per heavy atom. The van der Waals surface area contributed by atoms with Gasteiger partial charge in [-0.2, -0.15) is 0 Å². The van der Waals surface area contributed by atoms with E-state index in [4.69, 9.17) is 9.47 Å². The van der Waals surface area contributed by atoms with Gasteiger partial charge in [0.2, 0.25) is 21.8 Å². The molecular formula is C39H52FN3O10S. The minimum atomic E-state index is -3.89. The van der Waals surface area contributed by atoms with Crippen LogP contribution in [0.1, 0.15) is 110 Å². The Labute approximate surface area is 316 Å². The Morgan fingerprint density at radius 3 is 2.41 bits per heavy atom. The maximum Gasteiger partial charge on any atom is 0.410 e. The molecule has 1 unspecified atom stereocenters. The van der Waals surface area contributed by atoms with Gasteiger partial charge >= 0.3 is 12.1 Å². The van der Waals surface area contributed by atoms with Crippen molar-refractivity contribution in [2.75, 3.05) is 6.54 Å². The second-order valence-electron chi connectivity index (χ2n) is 16.2. The van der Waals surface area contributed by atoms with Crippen LogP contribution < -0.4 is 4.72 Å². The number of amides is 3. The average Bonchev–Trinajstić information content (AvgIpc) is 3.99. The number of carbonyl (C=O) groups excluding carboxylic acids is 6. The standard InChI is InChI=1S/C39H52FN3O10S/c1-7-23(3)32(44)15-12-24(16-34(46)53-38(4,5)6)35(47)43-21-27(52-37(49)42-20-25-10-9-11-30(40)29(25)22-42)17-31(43)33(45)19-39(18-26(39)8-2)36(48)41-54(50,51)28-13-14-28/h7,9-11,24,26-28,31H,8,12-22H2,1-6H3,(H,41,48)/b23-7+/t24-,26-,27?,31+,39-/m1/s1. The number of allylic oxidation sites excluding steroid dienone is 2. The van der Waals surface area contributed by atoms with Crippen LogP contribution in [0, 0.1) is 23.1 Å². The number of Topliss-reactive ketones (excluding diaryl/α,β-unsaturated/α-hetero) is 2. The highest BCUT2D eigenvalue weighted by molar-refractivity contribution is 7.90. The molecule has 1 N–H and O–H groups in total. The van der Waals surface area contributed by atoms with E-state index >= 15 is 0 Å². The van der Waals surface area contributed by atoms with Crippen molar-refractivity contribution >= 4 is 45.5 Å². The molecule has 0 spiro atoms. The molecule has 1 aromatic rings. The van der Waals surface area contributed by atoms with Crippen molar-refractivity contribution in [1.29, 1.82) is 0 Å². The van der Waals surface area contributed by atoms with Crippen LogP contribution in [0.15, 0.2) is 29.8 Å². The first-order valence-corrected chi connectivity index (χ1v) is 20.3. The zero-order chi connectivity index (χ0) is 39.7. The molecule has 2 saturated carbocycles. The first-order valence-electron chi connectivity index (χ1n) is 18.8. The number of hydrogen-bond donors (Lipinski definition) is 1. The summed E-state index contributed by atoms with van der Waals surface area (Å²) in [5.41, 5.74) is -0.632. The predicted octanol–water partition coefficient (Wildman–Crippen LogP) is 4.89. The monoisotopic (exact) mass is 773 g/mol. The molecule has 296 valence electrons. The van der Waals surface area contributed by atoms with Crippen LogP contribution in [0.2, 0.25) is 0 Å². The fraction of sp³-hybridized carbons (Fsp3) is 0.641. The van der Waals surface area contributed by atoms with Crippen LogP contribution in [0.3, 0.4) is 0 Å². The van der Waals surface area contributed by atoms with Gasteiger partial charge in [-0.25, -0.2) is 17.6 Å². The van der Waals surface area contributed by atoms with E-state index in [1.807, 2.05) is 6.92 Å². The van der Waals surface area contributed by atoms with Gasteiger partial charge in [0.05, 0.1) is 36.2 Å². The summed E-state index contributed by atoms with van der Waals surface area (Å²) in [4.78, 5) is 84.2. The van der Waals surface area contributed by atoms with Crippen LogP contribution in [0.5, 0.6) is 0 Å².